The number of hydrogen-bond donors (Lipinski definition) is 1. The van der Waals surface area contributed by atoms with Crippen molar-refractivity contribution >= 4 is 27.5 Å². The lowest BCUT2D eigenvalue weighted by molar-refractivity contribution is -0.116. The summed E-state index contributed by atoms with van der Waals surface area (Å²) in [6, 6.07) is 11.7. The van der Waals surface area contributed by atoms with Gasteiger partial charge in [0.15, 0.2) is 0 Å². The van der Waals surface area contributed by atoms with Crippen LogP contribution in [0.5, 0.6) is 5.75 Å². The van der Waals surface area contributed by atoms with Crippen LogP contribution in [-0.4, -0.2) is 63.7 Å². The van der Waals surface area contributed by atoms with Gasteiger partial charge in [-0.3, -0.25) is 9.59 Å². The van der Waals surface area contributed by atoms with Crippen molar-refractivity contribution in [1.29, 1.82) is 0 Å². The third-order valence-corrected chi connectivity index (χ3v) is 7.79. The summed E-state index contributed by atoms with van der Waals surface area (Å²) in [6.07, 6.45) is 4.63. The molecule has 0 aromatic heterocycles. The van der Waals surface area contributed by atoms with Crippen molar-refractivity contribution in [2.75, 3.05) is 39.6 Å². The van der Waals surface area contributed by atoms with Crippen LogP contribution in [0.1, 0.15) is 48.0 Å². The Kier molecular flexibility index (Phi) is 8.68. The summed E-state index contributed by atoms with van der Waals surface area (Å²) < 4.78 is 31.5. The highest BCUT2D eigenvalue weighted by atomic mass is 32.2. The maximum absolute atomic E-state index is 13.1. The zero-order chi connectivity index (χ0) is 24.7. The highest BCUT2D eigenvalue weighted by Crippen LogP contribution is 2.26. The van der Waals surface area contributed by atoms with Crippen LogP contribution < -0.4 is 10.1 Å². The van der Waals surface area contributed by atoms with Gasteiger partial charge in [0.1, 0.15) is 5.75 Å². The van der Waals surface area contributed by atoms with E-state index in [4.69, 9.17) is 4.74 Å². The number of carbonyl (C=O) groups is 2. The molecule has 2 aromatic carbocycles. The molecule has 1 fully saturated rings. The van der Waals surface area contributed by atoms with Gasteiger partial charge in [0.25, 0.3) is 5.91 Å². The van der Waals surface area contributed by atoms with Gasteiger partial charge in [0.05, 0.1) is 23.3 Å². The summed E-state index contributed by atoms with van der Waals surface area (Å²) in [5.41, 5.74) is 1.58. The van der Waals surface area contributed by atoms with E-state index < -0.39 is 10.0 Å². The molecule has 2 aromatic rings. The predicted molar refractivity (Wildman–Crippen MR) is 132 cm³/mol. The minimum atomic E-state index is -3.60. The lowest BCUT2D eigenvalue weighted by Crippen LogP contribution is -2.32. The molecule has 0 saturated carbocycles. The topological polar surface area (TPSA) is 96.0 Å². The standard InChI is InChI=1S/C25H33N3O5S/c1-27(2)34(31,32)20-13-14-23(33-3)19(18-20)12-15-24(29)26-22-11-7-6-10-21(22)25(30)28-16-8-4-5-9-17-28/h6-7,10-11,13-14,18H,4-5,8-9,12,15-17H2,1-3H3,(H,26,29). The molecule has 184 valence electrons. The molecule has 0 bridgehead atoms. The monoisotopic (exact) mass is 487 g/mol. The zero-order valence-corrected chi connectivity index (χ0v) is 20.9. The molecule has 0 radical (unpaired) electrons. The van der Waals surface area contributed by atoms with Crippen LogP contribution in [-0.2, 0) is 21.2 Å². The van der Waals surface area contributed by atoms with Crippen LogP contribution in [0.15, 0.2) is 47.4 Å². The smallest absolute Gasteiger partial charge is 0.255 e. The summed E-state index contributed by atoms with van der Waals surface area (Å²) in [6.45, 7) is 1.46. The molecule has 2 amide bonds. The van der Waals surface area contributed by atoms with E-state index in [-0.39, 0.29) is 29.6 Å². The number of methoxy groups -OCH3 is 1. The average Bonchev–Trinajstić information content (AvgIpc) is 3.12. The van der Waals surface area contributed by atoms with Gasteiger partial charge in [-0.15, -0.1) is 0 Å². The Morgan fingerprint density at radius 1 is 1.03 bits per heavy atom. The maximum Gasteiger partial charge on any atom is 0.255 e. The normalized spacial score (nSPS) is 14.5. The first-order chi connectivity index (χ1) is 16.2. The first-order valence-corrected chi connectivity index (χ1v) is 13.0. The van der Waals surface area contributed by atoms with Gasteiger partial charge in [0.2, 0.25) is 15.9 Å². The molecule has 0 unspecified atom stereocenters. The Labute approximate surface area is 201 Å². The molecule has 1 saturated heterocycles. The molecule has 0 aliphatic carbocycles. The van der Waals surface area contributed by atoms with Gasteiger partial charge in [-0.2, -0.15) is 0 Å². The van der Waals surface area contributed by atoms with Crippen LogP contribution in [0, 0.1) is 0 Å². The Hall–Kier alpha value is -2.91. The number of ether oxygens (including phenoxy) is 1. The molecule has 1 aliphatic rings. The van der Waals surface area contributed by atoms with Crippen molar-refractivity contribution in [3.05, 3.63) is 53.6 Å². The molecule has 0 atom stereocenters. The fourth-order valence-electron chi connectivity index (χ4n) is 4.01. The number of nitrogens with one attached hydrogen (secondary N) is 1. The molecule has 1 aliphatic heterocycles. The molecule has 1 heterocycles. The van der Waals surface area contributed by atoms with Crippen LogP contribution in [0.25, 0.3) is 0 Å². The Bertz CT molecular complexity index is 1120. The number of anilines is 1. The first kappa shape index (κ1) is 25.7. The van der Waals surface area contributed by atoms with E-state index in [1.165, 1.54) is 33.3 Å². The SMILES string of the molecule is COc1ccc(S(=O)(=O)N(C)C)cc1CCC(=O)Nc1ccccc1C(=O)N1CCCCCC1. The summed E-state index contributed by atoms with van der Waals surface area (Å²) in [4.78, 5) is 27.9. The van der Waals surface area contributed by atoms with Crippen molar-refractivity contribution in [3.8, 4) is 5.75 Å². The van der Waals surface area contributed by atoms with E-state index in [2.05, 4.69) is 5.32 Å². The summed E-state index contributed by atoms with van der Waals surface area (Å²) >= 11 is 0. The molecule has 34 heavy (non-hydrogen) atoms. The third-order valence-electron chi connectivity index (χ3n) is 5.98. The zero-order valence-electron chi connectivity index (χ0n) is 20.0. The van der Waals surface area contributed by atoms with Gasteiger partial charge >= 0.3 is 0 Å². The predicted octanol–water partition coefficient (Wildman–Crippen LogP) is 3.53. The molecule has 0 spiro atoms. The van der Waals surface area contributed by atoms with E-state index in [1.807, 2.05) is 4.90 Å². The van der Waals surface area contributed by atoms with Gasteiger partial charge in [-0.25, -0.2) is 12.7 Å². The number of carbonyl (C=O) groups excluding carboxylic acids is 2. The summed E-state index contributed by atoms with van der Waals surface area (Å²) in [5, 5.41) is 2.86. The Morgan fingerprint density at radius 3 is 2.35 bits per heavy atom. The molecule has 3 rings (SSSR count). The average molecular weight is 488 g/mol. The fourth-order valence-corrected chi connectivity index (χ4v) is 4.96. The van der Waals surface area contributed by atoms with Crippen LogP contribution >= 0.6 is 0 Å². The second-order valence-electron chi connectivity index (χ2n) is 8.56. The van der Waals surface area contributed by atoms with Crippen LogP contribution in [0.4, 0.5) is 5.69 Å². The minimum Gasteiger partial charge on any atom is -0.496 e. The van der Waals surface area contributed by atoms with Crippen LogP contribution in [0.3, 0.4) is 0 Å². The molecule has 9 heteroatoms. The van der Waals surface area contributed by atoms with Crippen molar-refractivity contribution in [2.45, 2.75) is 43.4 Å². The quantitative estimate of drug-likeness (QED) is 0.615. The summed E-state index contributed by atoms with van der Waals surface area (Å²) in [5.74, 6) is 0.183. The third kappa shape index (κ3) is 6.15. The summed E-state index contributed by atoms with van der Waals surface area (Å²) in [7, 11) is 0.837. The van der Waals surface area contributed by atoms with E-state index >= 15 is 0 Å². The van der Waals surface area contributed by atoms with Gasteiger partial charge in [0, 0.05) is 33.6 Å². The number of benzene rings is 2. The number of likely N-dealkylation sites (tertiary alicyclic amines) is 1. The van der Waals surface area contributed by atoms with Crippen molar-refractivity contribution < 1.29 is 22.7 Å². The number of hydrogen-bond acceptors (Lipinski definition) is 5. The number of amides is 2. The number of para-hydroxylation sites is 1. The van der Waals surface area contributed by atoms with E-state index in [9.17, 15) is 18.0 Å². The lowest BCUT2D eigenvalue weighted by Gasteiger charge is -2.22. The molecule has 8 nitrogen and oxygen atoms in total. The van der Waals surface area contributed by atoms with Crippen molar-refractivity contribution in [3.63, 3.8) is 0 Å². The number of aryl methyl sites for hydroxylation is 1. The largest absolute Gasteiger partial charge is 0.496 e. The molecular formula is C25H33N3O5S. The van der Waals surface area contributed by atoms with Crippen molar-refractivity contribution in [2.24, 2.45) is 0 Å². The van der Waals surface area contributed by atoms with E-state index in [0.29, 0.717) is 22.6 Å². The van der Waals surface area contributed by atoms with Gasteiger partial charge < -0.3 is 15.0 Å². The highest BCUT2D eigenvalue weighted by molar-refractivity contribution is 7.89. The minimum absolute atomic E-state index is 0.0685. The second-order valence-corrected chi connectivity index (χ2v) is 10.7. The fraction of sp³-hybridized carbons (Fsp3) is 0.440. The van der Waals surface area contributed by atoms with Crippen molar-refractivity contribution in [1.82, 2.24) is 9.21 Å². The lowest BCUT2D eigenvalue weighted by atomic mass is 10.1. The van der Waals surface area contributed by atoms with E-state index in [0.717, 1.165) is 43.1 Å². The van der Waals surface area contributed by atoms with Gasteiger partial charge in [-0.05, 0) is 55.2 Å². The van der Waals surface area contributed by atoms with Gasteiger partial charge in [-0.1, -0.05) is 25.0 Å². The number of nitrogens with zero attached hydrogens (tertiary/aromatic N) is 2. The molecule has 1 N–H and O–H groups in total. The first-order valence-electron chi connectivity index (χ1n) is 11.5. The number of sulfonamides is 1. The number of rotatable bonds is 8. The highest BCUT2D eigenvalue weighted by Gasteiger charge is 2.22. The van der Waals surface area contributed by atoms with E-state index in [1.54, 1.807) is 30.3 Å². The Morgan fingerprint density at radius 2 is 1.71 bits per heavy atom. The van der Waals surface area contributed by atoms with Crippen LogP contribution in [0.2, 0.25) is 0 Å². The Balaban J connectivity index is 1.72. The second kappa shape index (κ2) is 11.5. The maximum atomic E-state index is 13.1. The molecular weight excluding hydrogens is 454 g/mol.